The second-order valence-electron chi connectivity index (χ2n) is 5.59. The van der Waals surface area contributed by atoms with Crippen LogP contribution in [0.1, 0.15) is 21.5 Å². The fraction of sp³-hybridized carbons (Fsp3) is 0.0476. The van der Waals surface area contributed by atoms with Crippen molar-refractivity contribution in [2.75, 3.05) is 0 Å². The molecule has 1 amide bonds. The Balaban J connectivity index is 1.52. The van der Waals surface area contributed by atoms with Gasteiger partial charge in [-0.1, -0.05) is 30.3 Å². The first-order valence-electron chi connectivity index (χ1n) is 8.10. The van der Waals surface area contributed by atoms with Crippen LogP contribution in [0.4, 0.5) is 0 Å². The zero-order valence-electron chi connectivity index (χ0n) is 14.0. The molecular weight excluding hydrogens is 328 g/mol. The minimum Gasteiger partial charge on any atom is -0.508 e. The van der Waals surface area contributed by atoms with Gasteiger partial charge in [-0.25, -0.2) is 5.43 Å². The lowest BCUT2D eigenvalue weighted by Crippen LogP contribution is -2.17. The molecule has 3 aromatic rings. The molecule has 0 heterocycles. The number of nitrogens with one attached hydrogen (secondary N) is 1. The van der Waals surface area contributed by atoms with Gasteiger partial charge in [-0.3, -0.25) is 4.79 Å². The van der Waals surface area contributed by atoms with Crippen LogP contribution in [-0.4, -0.2) is 17.2 Å². The average molecular weight is 346 g/mol. The smallest absolute Gasteiger partial charge is 0.271 e. The van der Waals surface area contributed by atoms with Gasteiger partial charge in [-0.15, -0.1) is 0 Å². The van der Waals surface area contributed by atoms with E-state index in [1.54, 1.807) is 48.5 Å². The number of hydrogen-bond acceptors (Lipinski definition) is 4. The van der Waals surface area contributed by atoms with Gasteiger partial charge in [-0.05, 0) is 59.7 Å². The number of ether oxygens (including phenoxy) is 1. The highest BCUT2D eigenvalue weighted by atomic mass is 16.5. The van der Waals surface area contributed by atoms with Crippen LogP contribution in [0.3, 0.4) is 0 Å². The van der Waals surface area contributed by atoms with Crippen molar-refractivity contribution < 1.29 is 14.6 Å². The van der Waals surface area contributed by atoms with Gasteiger partial charge in [0.2, 0.25) is 0 Å². The van der Waals surface area contributed by atoms with E-state index in [2.05, 4.69) is 10.5 Å². The molecule has 0 spiro atoms. The van der Waals surface area contributed by atoms with E-state index < -0.39 is 0 Å². The Bertz CT molecular complexity index is 873. The lowest BCUT2D eigenvalue weighted by molar-refractivity contribution is 0.0955. The third-order valence-corrected chi connectivity index (χ3v) is 3.64. The maximum Gasteiger partial charge on any atom is 0.271 e. The Kier molecular flexibility index (Phi) is 5.62. The van der Waals surface area contributed by atoms with E-state index in [-0.39, 0.29) is 11.7 Å². The van der Waals surface area contributed by atoms with E-state index in [1.165, 1.54) is 6.21 Å². The second kappa shape index (κ2) is 8.48. The molecule has 0 aliphatic heterocycles. The maximum atomic E-state index is 12.1. The molecule has 0 aromatic heterocycles. The van der Waals surface area contributed by atoms with Crippen molar-refractivity contribution in [3.05, 3.63) is 95.6 Å². The summed E-state index contributed by atoms with van der Waals surface area (Å²) in [5, 5.41) is 13.1. The Labute approximate surface area is 151 Å². The number of aromatic hydroxyl groups is 1. The number of hydrazone groups is 1. The first-order valence-corrected chi connectivity index (χ1v) is 8.10. The van der Waals surface area contributed by atoms with Crippen LogP contribution in [0.2, 0.25) is 0 Å². The molecule has 0 bridgehead atoms. The summed E-state index contributed by atoms with van der Waals surface area (Å²) in [6.45, 7) is 0.476. The molecular formula is C21H18N2O3. The Hall–Kier alpha value is -3.60. The fourth-order valence-electron chi connectivity index (χ4n) is 2.23. The number of amides is 1. The number of nitrogens with zero attached hydrogens (tertiary/aromatic N) is 1. The van der Waals surface area contributed by atoms with E-state index >= 15 is 0 Å². The van der Waals surface area contributed by atoms with E-state index in [0.29, 0.717) is 17.9 Å². The third kappa shape index (κ3) is 4.95. The molecule has 3 aromatic carbocycles. The number of benzene rings is 3. The van der Waals surface area contributed by atoms with Crippen molar-refractivity contribution >= 4 is 12.1 Å². The Morgan fingerprint density at radius 2 is 1.65 bits per heavy atom. The van der Waals surface area contributed by atoms with Gasteiger partial charge in [0, 0.05) is 5.56 Å². The summed E-state index contributed by atoms with van der Waals surface area (Å²) in [7, 11) is 0. The highest BCUT2D eigenvalue weighted by Gasteiger charge is 2.04. The first-order chi connectivity index (χ1) is 12.7. The van der Waals surface area contributed by atoms with Crippen LogP contribution >= 0.6 is 0 Å². The highest BCUT2D eigenvalue weighted by molar-refractivity contribution is 5.95. The molecule has 2 N–H and O–H groups in total. The Morgan fingerprint density at radius 1 is 0.962 bits per heavy atom. The summed E-state index contributed by atoms with van der Waals surface area (Å²) >= 11 is 0. The minimum absolute atomic E-state index is 0.181. The zero-order chi connectivity index (χ0) is 18.2. The molecule has 0 aliphatic carbocycles. The van der Waals surface area contributed by atoms with Gasteiger partial charge in [0.15, 0.2) is 0 Å². The molecule has 130 valence electrons. The quantitative estimate of drug-likeness (QED) is 0.528. The molecule has 0 atom stereocenters. The molecule has 3 rings (SSSR count). The van der Waals surface area contributed by atoms with Crippen molar-refractivity contribution in [1.29, 1.82) is 0 Å². The van der Waals surface area contributed by atoms with Crippen molar-refractivity contribution in [3.8, 4) is 11.5 Å². The summed E-state index contributed by atoms with van der Waals surface area (Å²) in [5.41, 5.74) is 4.81. The zero-order valence-corrected chi connectivity index (χ0v) is 14.0. The van der Waals surface area contributed by atoms with Crippen LogP contribution in [-0.2, 0) is 6.61 Å². The van der Waals surface area contributed by atoms with Crippen molar-refractivity contribution in [3.63, 3.8) is 0 Å². The molecule has 5 nitrogen and oxygen atoms in total. The van der Waals surface area contributed by atoms with Crippen molar-refractivity contribution in [2.45, 2.75) is 6.61 Å². The predicted octanol–water partition coefficient (Wildman–Crippen LogP) is 3.74. The number of rotatable bonds is 6. The number of phenolic OH excluding ortho intramolecular Hbond substituents is 1. The molecule has 0 fully saturated rings. The standard InChI is InChI=1S/C21H18N2O3/c24-19-10-6-16(7-11-19)14-22-23-21(25)18-8-12-20(13-9-18)26-15-17-4-2-1-3-5-17/h1-14,24H,15H2,(H,23,25). The molecule has 26 heavy (non-hydrogen) atoms. The van der Waals surface area contributed by atoms with Gasteiger partial charge < -0.3 is 9.84 Å². The monoisotopic (exact) mass is 346 g/mol. The number of carbonyl (C=O) groups excluding carboxylic acids is 1. The van der Waals surface area contributed by atoms with E-state index in [4.69, 9.17) is 4.74 Å². The summed E-state index contributed by atoms with van der Waals surface area (Å²) in [4.78, 5) is 12.1. The fourth-order valence-corrected chi connectivity index (χ4v) is 2.23. The van der Waals surface area contributed by atoms with Gasteiger partial charge >= 0.3 is 0 Å². The van der Waals surface area contributed by atoms with Crippen LogP contribution in [0.15, 0.2) is 84.0 Å². The van der Waals surface area contributed by atoms with Gasteiger partial charge in [-0.2, -0.15) is 5.10 Å². The lowest BCUT2D eigenvalue weighted by Gasteiger charge is -2.07. The topological polar surface area (TPSA) is 70.9 Å². The largest absolute Gasteiger partial charge is 0.508 e. The van der Waals surface area contributed by atoms with Gasteiger partial charge in [0.05, 0.1) is 6.21 Å². The van der Waals surface area contributed by atoms with E-state index in [0.717, 1.165) is 11.1 Å². The second-order valence-corrected chi connectivity index (χ2v) is 5.59. The minimum atomic E-state index is -0.311. The number of carbonyl (C=O) groups is 1. The van der Waals surface area contributed by atoms with Crippen LogP contribution in [0.25, 0.3) is 0 Å². The van der Waals surface area contributed by atoms with Crippen molar-refractivity contribution in [1.82, 2.24) is 5.43 Å². The molecule has 5 heteroatoms. The summed E-state index contributed by atoms with van der Waals surface area (Å²) < 4.78 is 5.69. The average Bonchev–Trinajstić information content (AvgIpc) is 2.69. The highest BCUT2D eigenvalue weighted by Crippen LogP contribution is 2.14. The SMILES string of the molecule is O=C(NN=Cc1ccc(O)cc1)c1ccc(OCc2ccccc2)cc1. The Morgan fingerprint density at radius 3 is 2.35 bits per heavy atom. The summed E-state index contributed by atoms with van der Waals surface area (Å²) in [6, 6.07) is 23.3. The summed E-state index contributed by atoms with van der Waals surface area (Å²) in [6.07, 6.45) is 1.51. The summed E-state index contributed by atoms with van der Waals surface area (Å²) in [5.74, 6) is 0.563. The maximum absolute atomic E-state index is 12.1. The predicted molar refractivity (Wildman–Crippen MR) is 100 cm³/mol. The first kappa shape index (κ1) is 17.2. The molecule has 0 radical (unpaired) electrons. The third-order valence-electron chi connectivity index (χ3n) is 3.64. The molecule has 0 saturated heterocycles. The van der Waals surface area contributed by atoms with Crippen LogP contribution in [0.5, 0.6) is 11.5 Å². The normalized spacial score (nSPS) is 10.6. The molecule has 0 aliphatic rings. The van der Waals surface area contributed by atoms with Crippen LogP contribution in [0, 0.1) is 0 Å². The molecule has 0 saturated carbocycles. The van der Waals surface area contributed by atoms with Gasteiger partial charge in [0.1, 0.15) is 18.1 Å². The number of phenols is 1. The molecule has 0 unspecified atom stereocenters. The van der Waals surface area contributed by atoms with E-state index in [9.17, 15) is 9.90 Å². The number of hydrogen-bond donors (Lipinski definition) is 2. The lowest BCUT2D eigenvalue weighted by atomic mass is 10.2. The van der Waals surface area contributed by atoms with Crippen molar-refractivity contribution in [2.24, 2.45) is 5.10 Å². The van der Waals surface area contributed by atoms with Gasteiger partial charge in [0.25, 0.3) is 5.91 Å². The van der Waals surface area contributed by atoms with E-state index in [1.807, 2.05) is 30.3 Å². The van der Waals surface area contributed by atoms with Crippen LogP contribution < -0.4 is 10.2 Å².